The van der Waals surface area contributed by atoms with E-state index in [1.165, 1.54) is 7.11 Å². The van der Waals surface area contributed by atoms with Crippen LogP contribution in [0.2, 0.25) is 5.02 Å². The van der Waals surface area contributed by atoms with E-state index >= 15 is 0 Å². The summed E-state index contributed by atoms with van der Waals surface area (Å²) in [7, 11) is 1.42. The third-order valence-corrected chi connectivity index (χ3v) is 4.36. The van der Waals surface area contributed by atoms with Crippen molar-refractivity contribution in [3.8, 4) is 0 Å². The molecule has 3 nitrogen and oxygen atoms in total. The molecule has 1 N–H and O–H groups in total. The minimum absolute atomic E-state index is 0.224. The van der Waals surface area contributed by atoms with E-state index in [0.29, 0.717) is 6.42 Å². The molecular formula is C15H22ClNO2S. The molecule has 112 valence electrons. The predicted molar refractivity (Wildman–Crippen MR) is 85.5 cm³/mol. The number of thioether (sulfide) groups is 1. The lowest BCUT2D eigenvalue weighted by Crippen LogP contribution is -2.51. The van der Waals surface area contributed by atoms with Crippen molar-refractivity contribution in [2.45, 2.75) is 42.9 Å². The topological polar surface area (TPSA) is 38.3 Å². The number of likely N-dealkylation sites (N-methyl/N-ethyl adjacent to an activating group) is 1. The molecule has 0 bridgehead atoms. The SMILES string of the molecule is CCNC(C)(CC(C)Sc1cccc(Cl)c1)C(=O)OC. The van der Waals surface area contributed by atoms with Crippen LogP contribution in [0, 0.1) is 0 Å². The van der Waals surface area contributed by atoms with Gasteiger partial charge in [-0.05, 0) is 38.1 Å². The zero-order valence-electron chi connectivity index (χ0n) is 12.4. The van der Waals surface area contributed by atoms with Gasteiger partial charge in [0.05, 0.1) is 7.11 Å². The Labute approximate surface area is 130 Å². The fraction of sp³-hybridized carbons (Fsp3) is 0.533. The summed E-state index contributed by atoms with van der Waals surface area (Å²) in [6.45, 7) is 6.69. The van der Waals surface area contributed by atoms with E-state index in [4.69, 9.17) is 16.3 Å². The largest absolute Gasteiger partial charge is 0.468 e. The van der Waals surface area contributed by atoms with Gasteiger partial charge < -0.3 is 10.1 Å². The smallest absolute Gasteiger partial charge is 0.325 e. The van der Waals surface area contributed by atoms with E-state index in [1.54, 1.807) is 11.8 Å². The van der Waals surface area contributed by atoms with Crippen LogP contribution in [0.3, 0.4) is 0 Å². The molecule has 5 heteroatoms. The van der Waals surface area contributed by atoms with Crippen molar-refractivity contribution in [3.05, 3.63) is 29.3 Å². The van der Waals surface area contributed by atoms with Crippen molar-refractivity contribution in [2.75, 3.05) is 13.7 Å². The molecule has 0 saturated carbocycles. The van der Waals surface area contributed by atoms with E-state index in [2.05, 4.69) is 12.2 Å². The maximum absolute atomic E-state index is 12.0. The van der Waals surface area contributed by atoms with Gasteiger partial charge in [-0.15, -0.1) is 11.8 Å². The molecule has 0 fully saturated rings. The second kappa shape index (κ2) is 7.91. The standard InChI is InChI=1S/C15H22ClNO2S/c1-5-17-15(3,14(18)19-4)10-11(2)20-13-8-6-7-12(16)9-13/h6-9,11,17H,5,10H2,1-4H3. The molecule has 0 spiro atoms. The third kappa shape index (κ3) is 5.00. The van der Waals surface area contributed by atoms with Gasteiger partial charge in [-0.1, -0.05) is 31.5 Å². The van der Waals surface area contributed by atoms with Gasteiger partial charge in [-0.2, -0.15) is 0 Å². The lowest BCUT2D eigenvalue weighted by molar-refractivity contribution is -0.148. The summed E-state index contributed by atoms with van der Waals surface area (Å²) in [6, 6.07) is 7.75. The molecule has 2 unspecified atom stereocenters. The molecule has 0 heterocycles. The summed E-state index contributed by atoms with van der Waals surface area (Å²) in [5.41, 5.74) is -0.658. The van der Waals surface area contributed by atoms with Crippen LogP contribution >= 0.6 is 23.4 Å². The van der Waals surface area contributed by atoms with Crippen molar-refractivity contribution in [1.29, 1.82) is 0 Å². The van der Waals surface area contributed by atoms with Gasteiger partial charge in [0.1, 0.15) is 5.54 Å². The first-order valence-corrected chi connectivity index (χ1v) is 7.92. The molecule has 2 atom stereocenters. The van der Waals surface area contributed by atoms with Crippen LogP contribution in [0.1, 0.15) is 27.2 Å². The first-order chi connectivity index (χ1) is 9.41. The van der Waals surface area contributed by atoms with Crippen LogP contribution in [0.15, 0.2) is 29.2 Å². The Bertz CT molecular complexity index is 455. The van der Waals surface area contributed by atoms with E-state index in [0.717, 1.165) is 16.5 Å². The van der Waals surface area contributed by atoms with Crippen molar-refractivity contribution in [2.24, 2.45) is 0 Å². The van der Waals surface area contributed by atoms with Gasteiger partial charge in [-0.25, -0.2) is 0 Å². The van der Waals surface area contributed by atoms with Crippen LogP contribution < -0.4 is 5.32 Å². The average Bonchev–Trinajstić information content (AvgIpc) is 2.37. The molecule has 1 rings (SSSR count). The Morgan fingerprint density at radius 2 is 2.25 bits per heavy atom. The van der Waals surface area contributed by atoms with Crippen LogP contribution in [0.25, 0.3) is 0 Å². The number of benzene rings is 1. The number of ether oxygens (including phenoxy) is 1. The fourth-order valence-corrected chi connectivity index (χ4v) is 3.72. The lowest BCUT2D eigenvalue weighted by atomic mass is 9.96. The zero-order valence-corrected chi connectivity index (χ0v) is 14.0. The van der Waals surface area contributed by atoms with Gasteiger partial charge >= 0.3 is 5.97 Å². The van der Waals surface area contributed by atoms with E-state index in [9.17, 15) is 4.79 Å². The van der Waals surface area contributed by atoms with Crippen LogP contribution in [0.4, 0.5) is 0 Å². The third-order valence-electron chi connectivity index (χ3n) is 3.03. The molecular weight excluding hydrogens is 294 g/mol. The number of methoxy groups -OCH3 is 1. The van der Waals surface area contributed by atoms with Crippen molar-refractivity contribution >= 4 is 29.3 Å². The second-order valence-corrected chi connectivity index (χ2v) is 6.89. The van der Waals surface area contributed by atoms with Gasteiger partial charge in [0, 0.05) is 15.2 Å². The van der Waals surface area contributed by atoms with Gasteiger partial charge in [-0.3, -0.25) is 4.79 Å². The molecule has 0 saturated heterocycles. The lowest BCUT2D eigenvalue weighted by Gasteiger charge is -2.30. The molecule has 0 aromatic heterocycles. The van der Waals surface area contributed by atoms with Crippen molar-refractivity contribution in [3.63, 3.8) is 0 Å². The van der Waals surface area contributed by atoms with Crippen molar-refractivity contribution in [1.82, 2.24) is 5.32 Å². The molecule has 0 aliphatic carbocycles. The quantitative estimate of drug-likeness (QED) is 0.614. The molecule has 1 aromatic carbocycles. The molecule has 0 aliphatic heterocycles. The first kappa shape index (κ1) is 17.3. The summed E-state index contributed by atoms with van der Waals surface area (Å²) < 4.78 is 4.91. The number of esters is 1. The summed E-state index contributed by atoms with van der Waals surface area (Å²) >= 11 is 7.69. The number of nitrogens with one attached hydrogen (secondary N) is 1. The Kier molecular flexibility index (Phi) is 6.86. The summed E-state index contributed by atoms with van der Waals surface area (Å²) in [4.78, 5) is 13.1. The summed E-state index contributed by atoms with van der Waals surface area (Å²) in [5, 5.41) is 4.21. The number of hydrogen-bond acceptors (Lipinski definition) is 4. The van der Waals surface area contributed by atoms with E-state index < -0.39 is 5.54 Å². The zero-order chi connectivity index (χ0) is 15.2. The number of hydrogen-bond donors (Lipinski definition) is 1. The van der Waals surface area contributed by atoms with E-state index in [1.807, 2.05) is 38.1 Å². The molecule has 1 aromatic rings. The maximum atomic E-state index is 12.0. The highest BCUT2D eigenvalue weighted by molar-refractivity contribution is 8.00. The average molecular weight is 316 g/mol. The minimum Gasteiger partial charge on any atom is -0.468 e. The van der Waals surface area contributed by atoms with Gasteiger partial charge in [0.15, 0.2) is 0 Å². The highest BCUT2D eigenvalue weighted by atomic mass is 35.5. The van der Waals surface area contributed by atoms with Crippen LogP contribution in [0.5, 0.6) is 0 Å². The monoisotopic (exact) mass is 315 g/mol. The first-order valence-electron chi connectivity index (χ1n) is 6.67. The van der Waals surface area contributed by atoms with E-state index in [-0.39, 0.29) is 11.2 Å². The normalized spacial score (nSPS) is 15.4. The Morgan fingerprint density at radius 3 is 2.80 bits per heavy atom. The molecule has 20 heavy (non-hydrogen) atoms. The molecule has 0 radical (unpaired) electrons. The minimum atomic E-state index is -0.658. The van der Waals surface area contributed by atoms with Gasteiger partial charge in [0.25, 0.3) is 0 Å². The maximum Gasteiger partial charge on any atom is 0.325 e. The Hall–Kier alpha value is -0.710. The molecule has 0 aliphatic rings. The number of rotatable bonds is 7. The summed E-state index contributed by atoms with van der Waals surface area (Å²) in [6.07, 6.45) is 0.685. The number of carbonyl (C=O) groups is 1. The van der Waals surface area contributed by atoms with Crippen LogP contribution in [-0.2, 0) is 9.53 Å². The highest BCUT2D eigenvalue weighted by Gasteiger charge is 2.35. The summed E-state index contributed by atoms with van der Waals surface area (Å²) in [5.74, 6) is -0.224. The number of halogens is 1. The second-order valence-electron chi connectivity index (χ2n) is 4.94. The van der Waals surface area contributed by atoms with Crippen LogP contribution in [-0.4, -0.2) is 30.4 Å². The van der Waals surface area contributed by atoms with Gasteiger partial charge in [0.2, 0.25) is 0 Å². The predicted octanol–water partition coefficient (Wildman–Crippen LogP) is 3.75. The Morgan fingerprint density at radius 1 is 1.55 bits per heavy atom. The highest BCUT2D eigenvalue weighted by Crippen LogP contribution is 2.30. The van der Waals surface area contributed by atoms with Crippen molar-refractivity contribution < 1.29 is 9.53 Å². The Balaban J connectivity index is 2.71. The fourth-order valence-electron chi connectivity index (χ4n) is 2.23. The number of carbonyl (C=O) groups excluding carboxylic acids is 1. The molecule has 0 amide bonds.